The molecule has 0 unspecified atom stereocenters. The van der Waals surface area contributed by atoms with Crippen LogP contribution in [0.1, 0.15) is 10.4 Å². The van der Waals surface area contributed by atoms with E-state index in [1.54, 1.807) is 6.07 Å². The van der Waals surface area contributed by atoms with Crippen LogP contribution in [-0.4, -0.2) is 16.1 Å². The zero-order valence-corrected chi connectivity index (χ0v) is 10.3. The predicted octanol–water partition coefficient (Wildman–Crippen LogP) is 3.89. The molecule has 6 heteroatoms. The number of aromatic nitrogens is 1. The first kappa shape index (κ1) is 12.8. The molecule has 0 fully saturated rings. The molecule has 0 amide bonds. The summed E-state index contributed by atoms with van der Waals surface area (Å²) in [6.07, 6.45) is 0. The number of halogens is 3. The number of carbonyl (C=O) groups is 1. The number of benzene rings is 1. The maximum atomic E-state index is 13.2. The Hall–Kier alpha value is -1.65. The van der Waals surface area contributed by atoms with E-state index in [4.69, 9.17) is 28.3 Å². The fourth-order valence-electron chi connectivity index (χ4n) is 1.42. The third-order valence-corrected chi connectivity index (χ3v) is 3.00. The van der Waals surface area contributed by atoms with Crippen molar-refractivity contribution in [3.63, 3.8) is 0 Å². The maximum absolute atomic E-state index is 13.2. The number of aromatic carboxylic acids is 1. The molecule has 1 heterocycles. The molecule has 0 radical (unpaired) electrons. The molecule has 1 aromatic heterocycles. The van der Waals surface area contributed by atoms with Crippen molar-refractivity contribution >= 4 is 29.2 Å². The van der Waals surface area contributed by atoms with Crippen LogP contribution in [0, 0.1) is 5.95 Å². The summed E-state index contributed by atoms with van der Waals surface area (Å²) in [4.78, 5) is 14.4. The van der Waals surface area contributed by atoms with Crippen LogP contribution in [0.3, 0.4) is 0 Å². The van der Waals surface area contributed by atoms with Gasteiger partial charge in [-0.25, -0.2) is 9.78 Å². The monoisotopic (exact) mass is 285 g/mol. The first-order valence-electron chi connectivity index (χ1n) is 4.83. The van der Waals surface area contributed by atoms with E-state index in [-0.39, 0.29) is 16.3 Å². The molecular formula is C12H6Cl2FNO2. The first-order chi connectivity index (χ1) is 8.47. The van der Waals surface area contributed by atoms with E-state index < -0.39 is 11.9 Å². The average molecular weight is 286 g/mol. The van der Waals surface area contributed by atoms with Gasteiger partial charge in [-0.1, -0.05) is 29.3 Å². The number of rotatable bonds is 2. The fourth-order valence-corrected chi connectivity index (χ4v) is 1.72. The predicted molar refractivity (Wildman–Crippen MR) is 66.6 cm³/mol. The first-order valence-corrected chi connectivity index (χ1v) is 5.59. The average Bonchev–Trinajstić information content (AvgIpc) is 2.31. The summed E-state index contributed by atoms with van der Waals surface area (Å²) in [6.45, 7) is 0. The lowest BCUT2D eigenvalue weighted by molar-refractivity contribution is 0.0696. The summed E-state index contributed by atoms with van der Waals surface area (Å²) in [5.41, 5.74) is 0.501. The minimum absolute atomic E-state index is 0.177. The quantitative estimate of drug-likeness (QED) is 0.852. The molecule has 0 aliphatic rings. The number of nitrogens with zero attached hydrogens (tertiary/aromatic N) is 1. The molecule has 1 aromatic carbocycles. The topological polar surface area (TPSA) is 50.2 Å². The smallest absolute Gasteiger partial charge is 0.335 e. The Morgan fingerprint density at radius 3 is 2.50 bits per heavy atom. The molecule has 2 rings (SSSR count). The van der Waals surface area contributed by atoms with Gasteiger partial charge in [0.1, 0.15) is 0 Å². The summed E-state index contributed by atoms with van der Waals surface area (Å²) in [5, 5.41) is 9.48. The van der Waals surface area contributed by atoms with E-state index in [1.807, 2.05) is 0 Å². The molecular weight excluding hydrogens is 280 g/mol. The molecule has 1 N–H and O–H groups in total. The highest BCUT2D eigenvalue weighted by atomic mass is 35.5. The third-order valence-electron chi connectivity index (χ3n) is 2.26. The summed E-state index contributed by atoms with van der Waals surface area (Å²) in [5.74, 6) is -2.09. The van der Waals surface area contributed by atoms with Crippen LogP contribution in [0.5, 0.6) is 0 Å². The fraction of sp³-hybridized carbons (Fsp3) is 0. The lowest BCUT2D eigenvalue weighted by Gasteiger charge is -2.04. The van der Waals surface area contributed by atoms with Gasteiger partial charge in [-0.2, -0.15) is 4.39 Å². The highest BCUT2D eigenvalue weighted by Crippen LogP contribution is 2.28. The van der Waals surface area contributed by atoms with Gasteiger partial charge in [0.05, 0.1) is 21.3 Å². The van der Waals surface area contributed by atoms with Crippen LogP contribution in [0.25, 0.3) is 11.3 Å². The van der Waals surface area contributed by atoms with Crippen molar-refractivity contribution in [1.29, 1.82) is 0 Å². The van der Waals surface area contributed by atoms with Gasteiger partial charge in [-0.05, 0) is 18.2 Å². The Morgan fingerprint density at radius 2 is 1.89 bits per heavy atom. The molecule has 0 saturated heterocycles. The van der Waals surface area contributed by atoms with Crippen LogP contribution >= 0.6 is 23.2 Å². The van der Waals surface area contributed by atoms with Crippen molar-refractivity contribution in [1.82, 2.24) is 4.98 Å². The molecule has 0 bridgehead atoms. The highest BCUT2D eigenvalue weighted by Gasteiger charge is 2.10. The van der Waals surface area contributed by atoms with Gasteiger partial charge in [0.25, 0.3) is 0 Å². The van der Waals surface area contributed by atoms with Gasteiger partial charge in [-0.3, -0.25) is 0 Å². The van der Waals surface area contributed by atoms with E-state index >= 15 is 0 Å². The zero-order chi connectivity index (χ0) is 13.3. The minimum Gasteiger partial charge on any atom is -0.478 e. The molecule has 92 valence electrons. The second kappa shape index (κ2) is 4.92. The van der Waals surface area contributed by atoms with E-state index in [9.17, 15) is 9.18 Å². The summed E-state index contributed by atoms with van der Waals surface area (Å²) < 4.78 is 13.2. The Balaban J connectivity index is 2.56. The molecule has 0 saturated carbocycles. The number of hydrogen-bond acceptors (Lipinski definition) is 2. The molecule has 0 aliphatic heterocycles. The lowest BCUT2D eigenvalue weighted by atomic mass is 10.1. The van der Waals surface area contributed by atoms with Gasteiger partial charge < -0.3 is 5.11 Å². The summed E-state index contributed by atoms with van der Waals surface area (Å²) >= 11 is 11.6. The van der Waals surface area contributed by atoms with Gasteiger partial charge in [0, 0.05) is 11.6 Å². The van der Waals surface area contributed by atoms with Crippen LogP contribution in [0.2, 0.25) is 10.0 Å². The second-order valence-corrected chi connectivity index (χ2v) is 4.31. The standard InChI is InChI=1S/C12H6Cl2FNO2/c13-8-2-1-6(3-9(8)14)10-4-7(12(17)18)5-11(15)16-10/h1-5H,(H,17,18). The Morgan fingerprint density at radius 1 is 1.17 bits per heavy atom. The van der Waals surface area contributed by atoms with Crippen LogP contribution in [0.15, 0.2) is 30.3 Å². The lowest BCUT2D eigenvalue weighted by Crippen LogP contribution is -2.00. The molecule has 3 nitrogen and oxygen atoms in total. The van der Waals surface area contributed by atoms with Crippen molar-refractivity contribution in [2.75, 3.05) is 0 Å². The molecule has 0 atom stereocenters. The maximum Gasteiger partial charge on any atom is 0.335 e. The van der Waals surface area contributed by atoms with Gasteiger partial charge in [0.2, 0.25) is 5.95 Å². The van der Waals surface area contributed by atoms with E-state index in [2.05, 4.69) is 4.98 Å². The van der Waals surface area contributed by atoms with Crippen molar-refractivity contribution in [3.8, 4) is 11.3 Å². The number of carboxylic acids is 1. The van der Waals surface area contributed by atoms with Crippen LogP contribution < -0.4 is 0 Å². The van der Waals surface area contributed by atoms with Crippen molar-refractivity contribution in [3.05, 3.63) is 51.9 Å². The van der Waals surface area contributed by atoms with Crippen LogP contribution in [-0.2, 0) is 0 Å². The number of hydrogen-bond donors (Lipinski definition) is 1. The highest BCUT2D eigenvalue weighted by molar-refractivity contribution is 6.42. The molecule has 0 aliphatic carbocycles. The summed E-state index contributed by atoms with van der Waals surface area (Å²) in [7, 11) is 0. The van der Waals surface area contributed by atoms with Crippen molar-refractivity contribution < 1.29 is 14.3 Å². The number of pyridine rings is 1. The second-order valence-electron chi connectivity index (χ2n) is 3.50. The molecule has 0 spiro atoms. The zero-order valence-electron chi connectivity index (χ0n) is 8.82. The SMILES string of the molecule is O=C(O)c1cc(F)nc(-c2ccc(Cl)c(Cl)c2)c1. The van der Waals surface area contributed by atoms with E-state index in [1.165, 1.54) is 18.2 Å². The third kappa shape index (κ3) is 2.60. The largest absolute Gasteiger partial charge is 0.478 e. The van der Waals surface area contributed by atoms with Gasteiger partial charge in [0.15, 0.2) is 0 Å². The van der Waals surface area contributed by atoms with Gasteiger partial charge in [-0.15, -0.1) is 0 Å². The molecule has 18 heavy (non-hydrogen) atoms. The van der Waals surface area contributed by atoms with Crippen molar-refractivity contribution in [2.24, 2.45) is 0 Å². The summed E-state index contributed by atoms with van der Waals surface area (Å²) in [6, 6.07) is 6.74. The van der Waals surface area contributed by atoms with Crippen molar-refractivity contribution in [2.45, 2.75) is 0 Å². The Bertz CT molecular complexity index is 631. The van der Waals surface area contributed by atoms with Gasteiger partial charge >= 0.3 is 5.97 Å². The Kier molecular flexibility index (Phi) is 3.50. The Labute approximate surface area is 112 Å². The van der Waals surface area contributed by atoms with E-state index in [0.29, 0.717) is 10.6 Å². The molecule has 2 aromatic rings. The van der Waals surface area contributed by atoms with E-state index in [0.717, 1.165) is 6.07 Å². The van der Waals surface area contributed by atoms with Crippen LogP contribution in [0.4, 0.5) is 4.39 Å². The minimum atomic E-state index is -1.22. The number of carboxylic acid groups (broad SMARTS) is 1. The normalized spacial score (nSPS) is 10.4.